The predicted octanol–water partition coefficient (Wildman–Crippen LogP) is 2.68. The summed E-state index contributed by atoms with van der Waals surface area (Å²) < 4.78 is 0.788. The van der Waals surface area contributed by atoms with Crippen LogP contribution in [0, 0.1) is 0 Å². The van der Waals surface area contributed by atoms with Crippen LogP contribution < -0.4 is 5.32 Å². The Balaban J connectivity index is 1.83. The van der Waals surface area contributed by atoms with Crippen molar-refractivity contribution >= 4 is 39.9 Å². The Labute approximate surface area is 106 Å². The van der Waals surface area contributed by atoms with Crippen LogP contribution in [0.1, 0.15) is 5.56 Å². The van der Waals surface area contributed by atoms with Gasteiger partial charge in [-0.25, -0.2) is 15.0 Å². The van der Waals surface area contributed by atoms with Crippen molar-refractivity contribution < 1.29 is 0 Å². The summed E-state index contributed by atoms with van der Waals surface area (Å²) in [5.41, 5.74) is 2.60. The lowest BCUT2D eigenvalue weighted by molar-refractivity contribution is 1.10. The van der Waals surface area contributed by atoms with Crippen LogP contribution in [0.4, 0.5) is 5.82 Å². The van der Waals surface area contributed by atoms with Crippen LogP contribution in [0.25, 0.3) is 11.2 Å². The average Bonchev–Trinajstić information content (AvgIpc) is 2.94. The van der Waals surface area contributed by atoms with Crippen molar-refractivity contribution in [1.82, 2.24) is 19.9 Å². The molecule has 7 heteroatoms. The van der Waals surface area contributed by atoms with Gasteiger partial charge in [0.05, 0.1) is 10.7 Å². The maximum atomic E-state index is 5.87. The first-order valence-corrected chi connectivity index (χ1v) is 6.19. The molecule has 0 atom stereocenters. The second-order valence-electron chi connectivity index (χ2n) is 3.44. The van der Waals surface area contributed by atoms with Crippen LogP contribution in [0.3, 0.4) is 0 Å². The minimum absolute atomic E-state index is 0.658. The smallest absolute Gasteiger partial charge is 0.182 e. The number of anilines is 1. The summed E-state index contributed by atoms with van der Waals surface area (Å²) >= 11 is 7.39. The molecule has 0 fully saturated rings. The monoisotopic (exact) mass is 265 g/mol. The van der Waals surface area contributed by atoms with Gasteiger partial charge in [0.1, 0.15) is 11.8 Å². The molecule has 3 aromatic heterocycles. The lowest BCUT2D eigenvalue weighted by atomic mass is 10.3. The van der Waals surface area contributed by atoms with Gasteiger partial charge in [-0.1, -0.05) is 11.6 Å². The fourth-order valence-electron chi connectivity index (χ4n) is 1.52. The highest BCUT2D eigenvalue weighted by Gasteiger charge is 2.05. The van der Waals surface area contributed by atoms with E-state index < -0.39 is 0 Å². The molecule has 0 amide bonds. The van der Waals surface area contributed by atoms with E-state index in [-0.39, 0.29) is 0 Å². The van der Waals surface area contributed by atoms with E-state index in [0.29, 0.717) is 12.2 Å². The maximum absolute atomic E-state index is 5.87. The topological polar surface area (TPSA) is 66.5 Å². The van der Waals surface area contributed by atoms with Gasteiger partial charge in [0.25, 0.3) is 0 Å². The molecule has 86 valence electrons. The van der Waals surface area contributed by atoms with Crippen molar-refractivity contribution in [2.24, 2.45) is 0 Å². The van der Waals surface area contributed by atoms with Gasteiger partial charge in [-0.15, -0.1) is 11.3 Å². The molecule has 3 heterocycles. The number of hydrogen-bond donors (Lipinski definition) is 2. The molecule has 5 nitrogen and oxygen atoms in total. The Morgan fingerprint density at radius 2 is 2.29 bits per heavy atom. The first kappa shape index (κ1) is 10.5. The van der Waals surface area contributed by atoms with Crippen molar-refractivity contribution in [2.45, 2.75) is 6.54 Å². The van der Waals surface area contributed by atoms with Gasteiger partial charge in [-0.05, 0) is 17.0 Å². The Bertz CT molecular complexity index is 647. The van der Waals surface area contributed by atoms with Crippen LogP contribution in [-0.4, -0.2) is 19.9 Å². The van der Waals surface area contributed by atoms with E-state index in [4.69, 9.17) is 11.6 Å². The summed E-state index contributed by atoms with van der Waals surface area (Å²) in [6.07, 6.45) is 3.10. The van der Waals surface area contributed by atoms with Gasteiger partial charge < -0.3 is 10.3 Å². The van der Waals surface area contributed by atoms with Gasteiger partial charge in [-0.2, -0.15) is 0 Å². The van der Waals surface area contributed by atoms with Crippen LogP contribution in [0.15, 0.2) is 24.1 Å². The number of aromatic amines is 1. The lowest BCUT2D eigenvalue weighted by Crippen LogP contribution is -2.01. The Hall–Kier alpha value is -1.66. The molecule has 0 aliphatic rings. The minimum Gasteiger partial charge on any atom is -0.364 e. The molecule has 3 rings (SSSR count). The Morgan fingerprint density at radius 1 is 1.35 bits per heavy atom. The second kappa shape index (κ2) is 4.31. The molecule has 0 radical (unpaired) electrons. The number of fused-ring (bicyclic) bond motifs is 1. The quantitative estimate of drug-likeness (QED) is 0.764. The summed E-state index contributed by atoms with van der Waals surface area (Å²) in [4.78, 5) is 15.3. The molecule has 0 spiro atoms. The number of imidazole rings is 1. The molecule has 0 saturated heterocycles. The van der Waals surface area contributed by atoms with E-state index in [2.05, 4.69) is 25.3 Å². The second-order valence-corrected chi connectivity index (χ2v) is 4.98. The zero-order chi connectivity index (χ0) is 11.7. The first-order valence-electron chi connectivity index (χ1n) is 4.94. The molecule has 0 aliphatic heterocycles. The fourth-order valence-corrected chi connectivity index (χ4v) is 2.43. The molecule has 0 unspecified atom stereocenters. The number of nitrogens with zero attached hydrogens (tertiary/aromatic N) is 3. The highest BCUT2D eigenvalue weighted by Crippen LogP contribution is 2.21. The summed E-state index contributed by atoms with van der Waals surface area (Å²) in [6, 6.07) is 1.94. The van der Waals surface area contributed by atoms with Crippen LogP contribution in [0.5, 0.6) is 0 Å². The third kappa shape index (κ3) is 2.09. The lowest BCUT2D eigenvalue weighted by Gasteiger charge is -2.03. The van der Waals surface area contributed by atoms with Crippen LogP contribution in [-0.2, 0) is 6.54 Å². The summed E-state index contributed by atoms with van der Waals surface area (Å²) in [6.45, 7) is 0.675. The van der Waals surface area contributed by atoms with Crippen molar-refractivity contribution in [3.63, 3.8) is 0 Å². The van der Waals surface area contributed by atoms with E-state index in [0.717, 1.165) is 21.2 Å². The molecule has 0 bridgehead atoms. The zero-order valence-corrected chi connectivity index (χ0v) is 10.2. The van der Waals surface area contributed by atoms with E-state index in [9.17, 15) is 0 Å². The molecule has 0 saturated carbocycles. The molecule has 3 aromatic rings. The Morgan fingerprint density at radius 3 is 3.12 bits per heavy atom. The van der Waals surface area contributed by atoms with Gasteiger partial charge in [0, 0.05) is 6.54 Å². The third-order valence-electron chi connectivity index (χ3n) is 2.30. The van der Waals surface area contributed by atoms with E-state index in [1.807, 2.05) is 11.4 Å². The molecular weight excluding hydrogens is 258 g/mol. The van der Waals surface area contributed by atoms with Gasteiger partial charge in [-0.3, -0.25) is 0 Å². The summed E-state index contributed by atoms with van der Waals surface area (Å²) in [5, 5.41) is 5.24. The van der Waals surface area contributed by atoms with Crippen molar-refractivity contribution in [3.05, 3.63) is 34.0 Å². The number of hydrogen-bond acceptors (Lipinski definition) is 5. The van der Waals surface area contributed by atoms with Crippen molar-refractivity contribution in [2.75, 3.05) is 5.32 Å². The molecule has 0 aliphatic carbocycles. The molecule has 2 N–H and O–H groups in total. The third-order valence-corrected chi connectivity index (χ3v) is 3.44. The Kier molecular flexibility index (Phi) is 2.66. The zero-order valence-electron chi connectivity index (χ0n) is 8.64. The predicted molar refractivity (Wildman–Crippen MR) is 68.3 cm³/mol. The highest BCUT2D eigenvalue weighted by molar-refractivity contribution is 7.14. The standard InChI is InChI=1S/C10H8ClN5S/c11-7-1-6(3-17-7)2-12-9-8-10(14-4-13-8)16-5-15-9/h1,3-5H,2H2,(H2,12,13,14,15,16). The number of halogens is 1. The number of rotatable bonds is 3. The van der Waals surface area contributed by atoms with E-state index in [1.165, 1.54) is 17.7 Å². The number of H-pyrrole nitrogens is 1. The van der Waals surface area contributed by atoms with Crippen LogP contribution >= 0.6 is 22.9 Å². The molecule has 17 heavy (non-hydrogen) atoms. The SMILES string of the molecule is Clc1cc(CNc2ncnc3nc[nH]c23)cs1. The largest absolute Gasteiger partial charge is 0.364 e. The van der Waals surface area contributed by atoms with Crippen molar-refractivity contribution in [1.29, 1.82) is 0 Å². The normalized spacial score (nSPS) is 10.9. The van der Waals surface area contributed by atoms with E-state index in [1.54, 1.807) is 6.33 Å². The van der Waals surface area contributed by atoms with Gasteiger partial charge in [0.2, 0.25) is 0 Å². The fraction of sp³-hybridized carbons (Fsp3) is 0.100. The highest BCUT2D eigenvalue weighted by atomic mass is 35.5. The van der Waals surface area contributed by atoms with Crippen LogP contribution in [0.2, 0.25) is 4.34 Å². The number of thiophene rings is 1. The minimum atomic E-state index is 0.658. The molecular formula is C10H8ClN5S. The summed E-state index contributed by atoms with van der Waals surface area (Å²) in [7, 11) is 0. The van der Waals surface area contributed by atoms with Gasteiger partial charge in [0.15, 0.2) is 11.5 Å². The van der Waals surface area contributed by atoms with E-state index >= 15 is 0 Å². The average molecular weight is 266 g/mol. The maximum Gasteiger partial charge on any atom is 0.182 e. The number of nitrogens with one attached hydrogen (secondary N) is 2. The van der Waals surface area contributed by atoms with Gasteiger partial charge >= 0.3 is 0 Å². The summed E-state index contributed by atoms with van der Waals surface area (Å²) in [5.74, 6) is 0.745. The molecule has 0 aromatic carbocycles. The number of aromatic nitrogens is 4. The first-order chi connectivity index (χ1) is 8.33. The van der Waals surface area contributed by atoms with Crippen molar-refractivity contribution in [3.8, 4) is 0 Å².